The molecule has 0 aliphatic rings. The maximum Gasteiger partial charge on any atom is 0.119 e. The van der Waals surface area contributed by atoms with Crippen molar-refractivity contribution in [2.24, 2.45) is 0 Å². The summed E-state index contributed by atoms with van der Waals surface area (Å²) in [6, 6.07) is 10.9. The van der Waals surface area contributed by atoms with E-state index in [1.807, 2.05) is 17.8 Å². The molecular weight excluding hydrogens is 240 g/mol. The first-order chi connectivity index (χ1) is 8.12. The summed E-state index contributed by atoms with van der Waals surface area (Å²) in [6.07, 6.45) is 5.50. The summed E-state index contributed by atoms with van der Waals surface area (Å²) >= 11 is 1.95. The molecule has 2 heteroatoms. The molecule has 0 fully saturated rings. The average Bonchev–Trinajstić information content (AvgIpc) is 2.35. The van der Waals surface area contributed by atoms with E-state index < -0.39 is 8.07 Å². The van der Waals surface area contributed by atoms with Gasteiger partial charge in [-0.15, -0.1) is 18.3 Å². The van der Waals surface area contributed by atoms with Crippen LogP contribution in [0.15, 0.2) is 53.6 Å². The van der Waals surface area contributed by atoms with Gasteiger partial charge in [-0.3, -0.25) is 0 Å². The Balaban J connectivity index is 2.99. The van der Waals surface area contributed by atoms with E-state index in [1.54, 1.807) is 4.53 Å². The van der Waals surface area contributed by atoms with E-state index >= 15 is 0 Å². The topological polar surface area (TPSA) is 0 Å². The van der Waals surface area contributed by atoms with E-state index in [-0.39, 0.29) is 0 Å². The van der Waals surface area contributed by atoms with Crippen LogP contribution in [0.25, 0.3) is 0 Å². The monoisotopic (exact) mass is 262 g/mol. The second-order valence-electron chi connectivity index (χ2n) is 4.57. The van der Waals surface area contributed by atoms with Crippen molar-refractivity contribution in [3.63, 3.8) is 0 Å². The Bertz CT molecular complexity index is 379. The summed E-state index contributed by atoms with van der Waals surface area (Å²) in [5.74, 6) is 1.01. The van der Waals surface area contributed by atoms with E-state index in [9.17, 15) is 0 Å². The van der Waals surface area contributed by atoms with Crippen molar-refractivity contribution in [2.45, 2.75) is 26.4 Å². The van der Waals surface area contributed by atoms with Crippen LogP contribution in [-0.4, -0.2) is 13.8 Å². The Morgan fingerprint density at radius 3 is 2.47 bits per heavy atom. The Labute approximate surface area is 111 Å². The highest BCUT2D eigenvalue weighted by atomic mass is 32.2. The van der Waals surface area contributed by atoms with Crippen molar-refractivity contribution in [1.82, 2.24) is 0 Å². The van der Waals surface area contributed by atoms with Crippen molar-refractivity contribution in [3.8, 4) is 0 Å². The molecule has 1 aromatic rings. The van der Waals surface area contributed by atoms with Crippen molar-refractivity contribution in [1.29, 1.82) is 0 Å². The van der Waals surface area contributed by atoms with Gasteiger partial charge in [0, 0.05) is 5.75 Å². The molecule has 1 aromatic carbocycles. The number of thioether (sulfide) groups is 1. The van der Waals surface area contributed by atoms with Gasteiger partial charge in [-0.1, -0.05) is 67.7 Å². The summed E-state index contributed by atoms with van der Waals surface area (Å²) in [7, 11) is -1.49. The molecule has 0 unspecified atom stereocenters. The second kappa shape index (κ2) is 6.87. The van der Waals surface area contributed by atoms with E-state index in [0.717, 1.165) is 12.2 Å². The van der Waals surface area contributed by atoms with Gasteiger partial charge in [0.2, 0.25) is 0 Å². The minimum atomic E-state index is -1.49. The van der Waals surface area contributed by atoms with Crippen LogP contribution in [-0.2, 0) is 0 Å². The quantitative estimate of drug-likeness (QED) is 0.542. The molecule has 0 aliphatic carbocycles. The third-order valence-electron chi connectivity index (χ3n) is 2.86. The van der Waals surface area contributed by atoms with Crippen molar-refractivity contribution in [2.75, 3.05) is 5.75 Å². The Hall–Kier alpha value is -0.733. The Morgan fingerprint density at radius 2 is 1.94 bits per heavy atom. The molecule has 0 N–H and O–H groups in total. The van der Waals surface area contributed by atoms with E-state index in [0.29, 0.717) is 0 Å². The lowest BCUT2D eigenvalue weighted by atomic mass is 10.4. The lowest BCUT2D eigenvalue weighted by Crippen LogP contribution is -2.42. The van der Waals surface area contributed by atoms with Crippen LogP contribution in [0.2, 0.25) is 13.1 Å². The fourth-order valence-electron chi connectivity index (χ4n) is 1.83. The number of rotatable bonds is 6. The van der Waals surface area contributed by atoms with Crippen LogP contribution in [0, 0.1) is 0 Å². The Morgan fingerprint density at radius 1 is 1.29 bits per heavy atom. The average molecular weight is 262 g/mol. The standard InChI is InChI=1S/C15H22SSi/c1-5-10-15(16-13-6-2)17(3,4)14-11-8-7-9-12-14/h6-12H,2,5,13H2,1,3-4H3/b15-10+. The normalized spacial score (nSPS) is 12.5. The minimum Gasteiger partial charge on any atom is -0.131 e. The summed E-state index contributed by atoms with van der Waals surface area (Å²) in [5, 5.41) is 1.51. The predicted molar refractivity (Wildman–Crippen MR) is 84.6 cm³/mol. The maximum absolute atomic E-state index is 3.81. The molecule has 0 nitrogen and oxygen atoms in total. The fourth-order valence-corrected chi connectivity index (χ4v) is 6.48. The van der Waals surface area contributed by atoms with Gasteiger partial charge in [0.1, 0.15) is 8.07 Å². The molecule has 0 bridgehead atoms. The SMILES string of the molecule is C=CCS/C(=C\CC)[Si](C)(C)c1ccccc1. The summed E-state index contributed by atoms with van der Waals surface area (Å²) in [4.78, 5) is 0. The zero-order valence-corrected chi connectivity index (χ0v) is 12.9. The molecule has 0 spiro atoms. The van der Waals surface area contributed by atoms with E-state index in [1.165, 1.54) is 5.19 Å². The van der Waals surface area contributed by atoms with Gasteiger partial charge in [0.05, 0.1) is 0 Å². The minimum absolute atomic E-state index is 1.01. The lowest BCUT2D eigenvalue weighted by Gasteiger charge is -2.26. The highest BCUT2D eigenvalue weighted by Gasteiger charge is 2.27. The largest absolute Gasteiger partial charge is 0.131 e. The molecule has 92 valence electrons. The molecule has 0 aromatic heterocycles. The molecule has 0 saturated heterocycles. The molecule has 0 radical (unpaired) electrons. The zero-order valence-electron chi connectivity index (χ0n) is 11.1. The van der Waals surface area contributed by atoms with Gasteiger partial charge in [0.25, 0.3) is 0 Å². The van der Waals surface area contributed by atoms with E-state index in [2.05, 4.69) is 63.0 Å². The Kier molecular flexibility index (Phi) is 5.79. The van der Waals surface area contributed by atoms with Gasteiger partial charge >= 0.3 is 0 Å². The van der Waals surface area contributed by atoms with Crippen molar-refractivity contribution >= 4 is 25.0 Å². The zero-order chi connectivity index (χ0) is 12.7. The molecule has 0 atom stereocenters. The smallest absolute Gasteiger partial charge is 0.119 e. The van der Waals surface area contributed by atoms with Gasteiger partial charge in [-0.25, -0.2) is 0 Å². The third kappa shape index (κ3) is 3.89. The van der Waals surface area contributed by atoms with Crippen LogP contribution < -0.4 is 5.19 Å². The summed E-state index contributed by atoms with van der Waals surface area (Å²) in [6.45, 7) is 10.9. The molecule has 0 heterocycles. The fraction of sp³-hybridized carbons (Fsp3) is 0.333. The molecule has 1 rings (SSSR count). The predicted octanol–water partition coefficient (Wildman–Crippen LogP) is 4.35. The van der Waals surface area contributed by atoms with Gasteiger partial charge < -0.3 is 0 Å². The molecule has 0 aliphatic heterocycles. The first-order valence-electron chi connectivity index (χ1n) is 6.12. The van der Waals surface area contributed by atoms with Crippen molar-refractivity contribution < 1.29 is 0 Å². The van der Waals surface area contributed by atoms with Crippen LogP contribution >= 0.6 is 11.8 Å². The third-order valence-corrected chi connectivity index (χ3v) is 8.91. The van der Waals surface area contributed by atoms with Crippen LogP contribution in [0.3, 0.4) is 0 Å². The number of hydrogen-bond acceptors (Lipinski definition) is 1. The number of allylic oxidation sites excluding steroid dienone is 1. The van der Waals surface area contributed by atoms with Crippen LogP contribution in [0.4, 0.5) is 0 Å². The van der Waals surface area contributed by atoms with Crippen LogP contribution in [0.5, 0.6) is 0 Å². The molecule has 0 amide bonds. The lowest BCUT2D eigenvalue weighted by molar-refractivity contribution is 1.22. The number of benzene rings is 1. The molecular formula is C15H22SSi. The summed E-state index contributed by atoms with van der Waals surface area (Å²) in [5.41, 5.74) is 0. The van der Waals surface area contributed by atoms with E-state index in [4.69, 9.17) is 0 Å². The van der Waals surface area contributed by atoms with Crippen molar-refractivity contribution in [3.05, 3.63) is 53.6 Å². The molecule has 17 heavy (non-hydrogen) atoms. The first-order valence-corrected chi connectivity index (χ1v) is 10.1. The van der Waals surface area contributed by atoms with Gasteiger partial charge in [-0.2, -0.15) is 0 Å². The highest BCUT2D eigenvalue weighted by molar-refractivity contribution is 8.05. The first kappa shape index (κ1) is 14.3. The number of hydrogen-bond donors (Lipinski definition) is 0. The van der Waals surface area contributed by atoms with Gasteiger partial charge in [0.15, 0.2) is 0 Å². The summed E-state index contributed by atoms with van der Waals surface area (Å²) < 4.78 is 1.58. The highest BCUT2D eigenvalue weighted by Crippen LogP contribution is 2.27. The maximum atomic E-state index is 3.81. The molecule has 0 saturated carbocycles. The van der Waals surface area contributed by atoms with Crippen LogP contribution in [0.1, 0.15) is 13.3 Å². The second-order valence-corrected chi connectivity index (χ2v) is 10.4. The van der Waals surface area contributed by atoms with Gasteiger partial charge in [-0.05, 0) is 10.9 Å².